The monoisotopic (exact) mass is 261 g/mol. The zero-order chi connectivity index (χ0) is 13.7. The van der Waals surface area contributed by atoms with E-state index in [2.05, 4.69) is 47.0 Å². The van der Waals surface area contributed by atoms with Gasteiger partial charge < -0.3 is 5.32 Å². The fourth-order valence-electron chi connectivity index (χ4n) is 2.23. The quantitative estimate of drug-likeness (QED) is 0.830. The second kappa shape index (κ2) is 6.52. The van der Waals surface area contributed by atoms with Gasteiger partial charge in [-0.05, 0) is 26.3 Å². The molecule has 2 aromatic heterocycles. The smallest absolute Gasteiger partial charge is 0.0537 e. The van der Waals surface area contributed by atoms with Gasteiger partial charge in [0.2, 0.25) is 0 Å². The van der Waals surface area contributed by atoms with Gasteiger partial charge in [-0.2, -0.15) is 10.2 Å². The topological polar surface area (TPSA) is 47.7 Å². The first-order valence-electron chi connectivity index (χ1n) is 6.99. The summed E-state index contributed by atoms with van der Waals surface area (Å²) in [7, 11) is 0. The van der Waals surface area contributed by atoms with E-state index in [9.17, 15) is 0 Å². The summed E-state index contributed by atoms with van der Waals surface area (Å²) in [5.41, 5.74) is 3.75. The molecular weight excluding hydrogens is 238 g/mol. The minimum absolute atomic E-state index is 0.844. The Morgan fingerprint density at radius 1 is 1.16 bits per heavy atom. The third-order valence-electron chi connectivity index (χ3n) is 3.37. The van der Waals surface area contributed by atoms with Crippen LogP contribution in [0, 0.1) is 6.92 Å². The molecule has 5 nitrogen and oxygen atoms in total. The zero-order valence-electron chi connectivity index (χ0n) is 12.1. The van der Waals surface area contributed by atoms with Gasteiger partial charge in [0.25, 0.3) is 0 Å². The summed E-state index contributed by atoms with van der Waals surface area (Å²) in [5.74, 6) is 0. The van der Waals surface area contributed by atoms with Crippen LogP contribution in [0.25, 0.3) is 0 Å². The second-order valence-electron chi connectivity index (χ2n) is 4.72. The molecule has 19 heavy (non-hydrogen) atoms. The Hall–Kier alpha value is -1.62. The minimum atomic E-state index is 0.844. The van der Waals surface area contributed by atoms with Gasteiger partial charge in [-0.3, -0.25) is 9.36 Å². The normalized spacial score (nSPS) is 11.1. The summed E-state index contributed by atoms with van der Waals surface area (Å²) >= 11 is 0. The maximum Gasteiger partial charge on any atom is 0.0537 e. The standard InChI is InChI=1S/C14H23N5/c1-4-8-19-14(6-7-16-19)11-15-9-13-10-17-18(5-2)12(13)3/h6-7,10,15H,4-5,8-9,11H2,1-3H3. The van der Waals surface area contributed by atoms with Crippen LogP contribution in [-0.2, 0) is 26.2 Å². The van der Waals surface area contributed by atoms with E-state index in [4.69, 9.17) is 0 Å². The van der Waals surface area contributed by atoms with Crippen LogP contribution >= 0.6 is 0 Å². The zero-order valence-corrected chi connectivity index (χ0v) is 12.1. The number of aryl methyl sites for hydroxylation is 2. The lowest BCUT2D eigenvalue weighted by Crippen LogP contribution is -2.17. The number of nitrogens with one attached hydrogen (secondary N) is 1. The molecule has 0 bridgehead atoms. The van der Waals surface area contributed by atoms with Crippen LogP contribution in [0.4, 0.5) is 0 Å². The first-order chi connectivity index (χ1) is 9.26. The lowest BCUT2D eigenvalue weighted by Gasteiger charge is -2.08. The van der Waals surface area contributed by atoms with Crippen molar-refractivity contribution in [3.05, 3.63) is 35.4 Å². The fourth-order valence-corrected chi connectivity index (χ4v) is 2.23. The molecule has 2 heterocycles. The van der Waals surface area contributed by atoms with Gasteiger partial charge in [-0.1, -0.05) is 6.92 Å². The number of hydrogen-bond donors (Lipinski definition) is 1. The van der Waals surface area contributed by atoms with Crippen molar-refractivity contribution >= 4 is 0 Å². The van der Waals surface area contributed by atoms with Crippen molar-refractivity contribution in [3.8, 4) is 0 Å². The van der Waals surface area contributed by atoms with Crippen LogP contribution in [0.5, 0.6) is 0 Å². The molecule has 2 rings (SSSR count). The molecule has 0 aliphatic heterocycles. The summed E-state index contributed by atoms with van der Waals surface area (Å²) in [6.45, 7) is 10.0. The van der Waals surface area contributed by atoms with E-state index in [1.165, 1.54) is 17.0 Å². The predicted octanol–water partition coefficient (Wildman–Crippen LogP) is 2.11. The molecule has 0 fully saturated rings. The Morgan fingerprint density at radius 2 is 2.00 bits per heavy atom. The van der Waals surface area contributed by atoms with Crippen LogP contribution in [0.2, 0.25) is 0 Å². The maximum absolute atomic E-state index is 4.36. The van der Waals surface area contributed by atoms with E-state index in [0.717, 1.165) is 32.6 Å². The molecule has 0 aliphatic carbocycles. The number of hydrogen-bond acceptors (Lipinski definition) is 3. The molecule has 1 N–H and O–H groups in total. The van der Waals surface area contributed by atoms with Gasteiger partial charge in [0.15, 0.2) is 0 Å². The molecule has 0 spiro atoms. The highest BCUT2D eigenvalue weighted by molar-refractivity contribution is 5.15. The molecule has 0 amide bonds. The average Bonchev–Trinajstić information content (AvgIpc) is 2.98. The van der Waals surface area contributed by atoms with Crippen molar-refractivity contribution in [1.29, 1.82) is 0 Å². The van der Waals surface area contributed by atoms with Gasteiger partial charge in [0.05, 0.1) is 11.9 Å². The molecule has 0 saturated heterocycles. The molecule has 0 aromatic carbocycles. The van der Waals surface area contributed by atoms with E-state index in [1.807, 2.05) is 17.1 Å². The van der Waals surface area contributed by atoms with E-state index >= 15 is 0 Å². The van der Waals surface area contributed by atoms with Gasteiger partial charge in [0, 0.05) is 43.6 Å². The van der Waals surface area contributed by atoms with E-state index in [-0.39, 0.29) is 0 Å². The van der Waals surface area contributed by atoms with Crippen LogP contribution < -0.4 is 5.32 Å². The third-order valence-corrected chi connectivity index (χ3v) is 3.37. The SMILES string of the molecule is CCCn1nccc1CNCc1cnn(CC)c1C. The van der Waals surface area contributed by atoms with Gasteiger partial charge in [-0.25, -0.2) is 0 Å². The minimum Gasteiger partial charge on any atom is -0.307 e. The van der Waals surface area contributed by atoms with Crippen molar-refractivity contribution < 1.29 is 0 Å². The first-order valence-corrected chi connectivity index (χ1v) is 6.99. The summed E-state index contributed by atoms with van der Waals surface area (Å²) in [5, 5.41) is 12.1. The van der Waals surface area contributed by atoms with Crippen molar-refractivity contribution in [2.24, 2.45) is 0 Å². The Morgan fingerprint density at radius 3 is 2.68 bits per heavy atom. The Bertz CT molecular complexity index is 512. The Balaban J connectivity index is 1.89. The van der Waals surface area contributed by atoms with Crippen LogP contribution in [0.15, 0.2) is 18.5 Å². The number of aromatic nitrogens is 4. The number of rotatable bonds is 7. The van der Waals surface area contributed by atoms with Gasteiger partial charge in [-0.15, -0.1) is 0 Å². The lowest BCUT2D eigenvalue weighted by molar-refractivity contribution is 0.549. The van der Waals surface area contributed by atoms with E-state index in [1.54, 1.807) is 0 Å². The molecular formula is C14H23N5. The molecule has 104 valence electrons. The molecule has 0 radical (unpaired) electrons. The summed E-state index contributed by atoms with van der Waals surface area (Å²) < 4.78 is 4.09. The maximum atomic E-state index is 4.36. The highest BCUT2D eigenvalue weighted by Gasteiger charge is 2.05. The summed E-state index contributed by atoms with van der Waals surface area (Å²) in [6, 6.07) is 2.07. The fraction of sp³-hybridized carbons (Fsp3) is 0.571. The van der Waals surface area contributed by atoms with Crippen LogP contribution in [0.3, 0.4) is 0 Å². The third kappa shape index (κ3) is 3.23. The largest absolute Gasteiger partial charge is 0.307 e. The number of nitrogens with zero attached hydrogens (tertiary/aromatic N) is 4. The summed E-state index contributed by atoms with van der Waals surface area (Å²) in [6.07, 6.45) is 4.93. The van der Waals surface area contributed by atoms with Gasteiger partial charge >= 0.3 is 0 Å². The molecule has 5 heteroatoms. The Labute approximate surface area is 114 Å². The van der Waals surface area contributed by atoms with Crippen LogP contribution in [-0.4, -0.2) is 19.6 Å². The lowest BCUT2D eigenvalue weighted by atomic mass is 10.2. The molecule has 2 aromatic rings. The van der Waals surface area contributed by atoms with Crippen molar-refractivity contribution in [2.75, 3.05) is 0 Å². The van der Waals surface area contributed by atoms with E-state index < -0.39 is 0 Å². The molecule has 0 unspecified atom stereocenters. The van der Waals surface area contributed by atoms with E-state index in [0.29, 0.717) is 0 Å². The highest BCUT2D eigenvalue weighted by Crippen LogP contribution is 2.07. The second-order valence-corrected chi connectivity index (χ2v) is 4.72. The highest BCUT2D eigenvalue weighted by atomic mass is 15.3. The van der Waals surface area contributed by atoms with Crippen LogP contribution in [0.1, 0.15) is 37.2 Å². The Kier molecular flexibility index (Phi) is 4.74. The molecule has 0 saturated carbocycles. The van der Waals surface area contributed by atoms with Gasteiger partial charge in [0.1, 0.15) is 0 Å². The molecule has 0 atom stereocenters. The van der Waals surface area contributed by atoms with Crippen molar-refractivity contribution in [1.82, 2.24) is 24.9 Å². The predicted molar refractivity (Wildman–Crippen MR) is 75.7 cm³/mol. The van der Waals surface area contributed by atoms with Crippen molar-refractivity contribution in [2.45, 2.75) is 53.4 Å². The first kappa shape index (κ1) is 13.8. The molecule has 0 aliphatic rings. The van der Waals surface area contributed by atoms with Crippen molar-refractivity contribution in [3.63, 3.8) is 0 Å². The average molecular weight is 261 g/mol. The summed E-state index contributed by atoms with van der Waals surface area (Å²) in [4.78, 5) is 0.